The van der Waals surface area contributed by atoms with E-state index >= 15 is 0 Å². The molecule has 1 heterocycles. The van der Waals surface area contributed by atoms with Gasteiger partial charge in [0, 0.05) is 37.3 Å². The Labute approximate surface area is 319 Å². The molecule has 16 heteroatoms. The Kier molecular flexibility index (Phi) is 13.1. The molecule has 0 bridgehead atoms. The Balaban J connectivity index is 1.49. The Bertz CT molecular complexity index is 2160. The summed E-state index contributed by atoms with van der Waals surface area (Å²) in [5.41, 5.74) is 9.49. The van der Waals surface area contributed by atoms with Gasteiger partial charge >= 0.3 is 18.0 Å². The highest BCUT2D eigenvalue weighted by Crippen LogP contribution is 2.31. The predicted octanol–water partition coefficient (Wildman–Crippen LogP) is 7.01. The summed E-state index contributed by atoms with van der Waals surface area (Å²) in [4.78, 5) is 54.7. The number of hydrogen-bond acceptors (Lipinski definition) is 8. The number of fused-ring (bicyclic) bond motifs is 1. The average Bonchev–Trinajstić information content (AvgIpc) is 3.47. The van der Waals surface area contributed by atoms with Gasteiger partial charge in [0.25, 0.3) is 0 Å². The number of esters is 2. The summed E-state index contributed by atoms with van der Waals surface area (Å²) in [5, 5.41) is 6.00. The highest BCUT2D eigenvalue weighted by atomic mass is 35.5. The number of carbonyl (C=O) groups excluding carboxylic acids is 4. The van der Waals surface area contributed by atoms with Crippen LogP contribution in [0.4, 0.5) is 25.0 Å². The fraction of sp³-hybridized carbons (Fsp3) is 0.237. The number of urea groups is 1. The van der Waals surface area contributed by atoms with E-state index in [-0.39, 0.29) is 31.2 Å². The van der Waals surface area contributed by atoms with Crippen LogP contribution in [0.1, 0.15) is 37.4 Å². The van der Waals surface area contributed by atoms with E-state index < -0.39 is 41.6 Å². The molecule has 0 saturated heterocycles. The first-order valence-electron chi connectivity index (χ1n) is 16.6. The van der Waals surface area contributed by atoms with E-state index in [1.807, 2.05) is 33.7 Å². The maximum absolute atomic E-state index is 14.3. The lowest BCUT2D eigenvalue weighted by Crippen LogP contribution is -2.34. The standard InChI is InChI=1S/C38H36Cl2F2N6O6/c1-22(49)53-15-13-47(14-16-54-23(2)50)28-8-4-25(5-9-28)37-45-34-18-26(6-12-35(34)48(37)21-24-3-11-31(41)32(42)17-24)33(20-36(43)51)46-38(52)44-27-7-10-29(39)30(40)19-27/h3-12,17-19,33H,13-16,20-21H2,1-2H3,(H2,43,51)(H2,44,46,52). The van der Waals surface area contributed by atoms with Crippen molar-refractivity contribution in [2.45, 2.75) is 32.9 Å². The molecule has 54 heavy (non-hydrogen) atoms. The van der Waals surface area contributed by atoms with E-state index in [1.54, 1.807) is 24.3 Å². The topological polar surface area (TPSA) is 158 Å². The quantitative estimate of drug-likeness (QED) is 0.0958. The fourth-order valence-electron chi connectivity index (χ4n) is 5.71. The van der Waals surface area contributed by atoms with Crippen molar-refractivity contribution in [1.82, 2.24) is 14.9 Å². The second-order valence-corrected chi connectivity index (χ2v) is 13.0. The Morgan fingerprint density at radius 3 is 2.15 bits per heavy atom. The van der Waals surface area contributed by atoms with E-state index in [9.17, 15) is 28.0 Å². The largest absolute Gasteiger partial charge is 0.464 e. The van der Waals surface area contributed by atoms with Gasteiger partial charge in [-0.05, 0) is 77.9 Å². The van der Waals surface area contributed by atoms with Crippen LogP contribution in [0.2, 0.25) is 10.0 Å². The van der Waals surface area contributed by atoms with Crippen molar-refractivity contribution in [3.63, 3.8) is 0 Å². The van der Waals surface area contributed by atoms with Gasteiger partial charge in [-0.3, -0.25) is 14.4 Å². The molecule has 1 unspecified atom stereocenters. The zero-order valence-electron chi connectivity index (χ0n) is 29.2. The van der Waals surface area contributed by atoms with Crippen molar-refractivity contribution < 1.29 is 37.4 Å². The lowest BCUT2D eigenvalue weighted by atomic mass is 10.0. The van der Waals surface area contributed by atoms with Crippen molar-refractivity contribution >= 4 is 69.5 Å². The van der Waals surface area contributed by atoms with Crippen LogP contribution in [0.25, 0.3) is 22.4 Å². The molecule has 5 aromatic rings. The highest BCUT2D eigenvalue weighted by molar-refractivity contribution is 6.42. The number of hydrogen-bond donors (Lipinski definition) is 3. The minimum absolute atomic E-state index is 0.117. The van der Waals surface area contributed by atoms with Gasteiger partial charge in [-0.2, -0.15) is 0 Å². The SMILES string of the molecule is CC(=O)OCCN(CCOC(C)=O)c1ccc(-c2nc3cc(C(CC(N)=O)NC(=O)Nc4ccc(Cl)c(Cl)c4)ccc3n2Cc2ccc(F)c(F)c2)cc1. The summed E-state index contributed by atoms with van der Waals surface area (Å²) in [6, 6.07) is 19.3. The van der Waals surface area contributed by atoms with Crippen LogP contribution in [-0.2, 0) is 30.4 Å². The molecule has 5 rings (SSSR count). The van der Waals surface area contributed by atoms with Gasteiger partial charge in [0.05, 0.1) is 46.6 Å². The molecule has 4 aromatic carbocycles. The molecule has 0 saturated carbocycles. The van der Waals surface area contributed by atoms with Crippen molar-refractivity contribution in [2.24, 2.45) is 5.73 Å². The van der Waals surface area contributed by atoms with Crippen molar-refractivity contribution in [2.75, 3.05) is 36.5 Å². The van der Waals surface area contributed by atoms with Gasteiger partial charge in [-0.25, -0.2) is 18.6 Å². The van der Waals surface area contributed by atoms with E-state index in [1.165, 1.54) is 32.0 Å². The fourth-order valence-corrected chi connectivity index (χ4v) is 6.01. The first kappa shape index (κ1) is 39.5. The van der Waals surface area contributed by atoms with Crippen LogP contribution in [0.3, 0.4) is 0 Å². The van der Waals surface area contributed by atoms with Gasteiger partial charge in [0.2, 0.25) is 5.91 Å². The molecule has 1 aromatic heterocycles. The van der Waals surface area contributed by atoms with Gasteiger partial charge in [-0.1, -0.05) is 35.3 Å². The van der Waals surface area contributed by atoms with Crippen LogP contribution in [0.15, 0.2) is 78.9 Å². The molecule has 282 valence electrons. The van der Waals surface area contributed by atoms with E-state index in [0.717, 1.165) is 17.8 Å². The number of imidazole rings is 1. The number of nitrogens with two attached hydrogens (primary N) is 1. The first-order valence-corrected chi connectivity index (χ1v) is 17.4. The summed E-state index contributed by atoms with van der Waals surface area (Å²) in [6.07, 6.45) is -0.227. The molecule has 4 N–H and O–H groups in total. The number of nitrogens with zero attached hydrogens (tertiary/aromatic N) is 3. The normalized spacial score (nSPS) is 11.5. The van der Waals surface area contributed by atoms with Crippen molar-refractivity contribution in [3.8, 4) is 11.4 Å². The summed E-state index contributed by atoms with van der Waals surface area (Å²) in [6.45, 7) is 3.66. The monoisotopic (exact) mass is 780 g/mol. The Morgan fingerprint density at radius 1 is 0.852 bits per heavy atom. The number of nitrogens with one attached hydrogen (secondary N) is 2. The van der Waals surface area contributed by atoms with Gasteiger partial charge < -0.3 is 35.3 Å². The lowest BCUT2D eigenvalue weighted by molar-refractivity contribution is -0.141. The molecule has 1 atom stereocenters. The summed E-state index contributed by atoms with van der Waals surface area (Å²) < 4.78 is 40.2. The molecular formula is C38H36Cl2F2N6O6. The number of primary amides is 1. The minimum Gasteiger partial charge on any atom is -0.464 e. The van der Waals surface area contributed by atoms with Crippen LogP contribution in [0, 0.1) is 11.6 Å². The summed E-state index contributed by atoms with van der Waals surface area (Å²) in [5.74, 6) is -2.98. The molecule has 0 aliphatic rings. The zero-order chi connectivity index (χ0) is 38.9. The second kappa shape index (κ2) is 17.9. The number of carbonyl (C=O) groups is 4. The van der Waals surface area contributed by atoms with Crippen LogP contribution in [-0.4, -0.2) is 59.7 Å². The molecule has 0 aliphatic heterocycles. The number of halogens is 4. The lowest BCUT2D eigenvalue weighted by Gasteiger charge is -2.24. The molecule has 0 spiro atoms. The third-order valence-electron chi connectivity index (χ3n) is 8.21. The number of rotatable bonds is 15. The summed E-state index contributed by atoms with van der Waals surface area (Å²) in [7, 11) is 0. The molecular weight excluding hydrogens is 745 g/mol. The van der Waals surface area contributed by atoms with Crippen LogP contribution < -0.4 is 21.3 Å². The summed E-state index contributed by atoms with van der Waals surface area (Å²) >= 11 is 12.1. The van der Waals surface area contributed by atoms with Crippen LogP contribution >= 0.6 is 23.2 Å². The third kappa shape index (κ3) is 10.4. The molecule has 0 fully saturated rings. The number of benzene rings is 4. The van der Waals surface area contributed by atoms with E-state index in [0.29, 0.717) is 57.3 Å². The Morgan fingerprint density at radius 2 is 1.54 bits per heavy atom. The first-order chi connectivity index (χ1) is 25.8. The smallest absolute Gasteiger partial charge is 0.319 e. The van der Waals surface area contributed by atoms with E-state index in [4.69, 9.17) is 43.4 Å². The molecule has 3 amide bonds. The van der Waals surface area contributed by atoms with Crippen LogP contribution in [0.5, 0.6) is 0 Å². The van der Waals surface area contributed by atoms with Gasteiger partial charge in [0.1, 0.15) is 19.0 Å². The zero-order valence-corrected chi connectivity index (χ0v) is 30.7. The maximum atomic E-state index is 14.3. The van der Waals surface area contributed by atoms with E-state index in [2.05, 4.69) is 10.6 Å². The number of aromatic nitrogens is 2. The maximum Gasteiger partial charge on any atom is 0.319 e. The highest BCUT2D eigenvalue weighted by Gasteiger charge is 2.21. The number of anilines is 2. The third-order valence-corrected chi connectivity index (χ3v) is 8.95. The molecule has 0 radical (unpaired) electrons. The molecule has 0 aliphatic carbocycles. The average molecular weight is 782 g/mol. The van der Waals surface area contributed by atoms with Crippen molar-refractivity contribution in [3.05, 3.63) is 112 Å². The second-order valence-electron chi connectivity index (χ2n) is 12.2. The predicted molar refractivity (Wildman–Crippen MR) is 201 cm³/mol. The number of amides is 3. The number of ether oxygens (including phenoxy) is 2. The Hall–Kier alpha value is -5.73. The molecule has 12 nitrogen and oxygen atoms in total. The van der Waals surface area contributed by atoms with Gasteiger partial charge in [-0.15, -0.1) is 0 Å². The van der Waals surface area contributed by atoms with Crippen molar-refractivity contribution in [1.29, 1.82) is 0 Å². The minimum atomic E-state index is -0.993. The van der Waals surface area contributed by atoms with Gasteiger partial charge in [0.15, 0.2) is 11.6 Å².